The lowest BCUT2D eigenvalue weighted by Gasteiger charge is -2.36. The van der Waals surface area contributed by atoms with Gasteiger partial charge in [0.05, 0.1) is 0 Å². The van der Waals surface area contributed by atoms with E-state index >= 15 is 0 Å². The van der Waals surface area contributed by atoms with E-state index in [0.717, 1.165) is 45.6 Å². The highest BCUT2D eigenvalue weighted by atomic mass is 32.2. The van der Waals surface area contributed by atoms with Gasteiger partial charge in [-0.25, -0.2) is 4.72 Å². The molecule has 1 aromatic carbocycles. The maximum absolute atomic E-state index is 12.4. The van der Waals surface area contributed by atoms with Gasteiger partial charge >= 0.3 is 0 Å². The molecule has 0 saturated carbocycles. The molecule has 6 nitrogen and oxygen atoms in total. The van der Waals surface area contributed by atoms with Gasteiger partial charge in [-0.15, -0.1) is 0 Å². The Bertz CT molecular complexity index is 687. The third-order valence-corrected chi connectivity index (χ3v) is 6.99. The van der Waals surface area contributed by atoms with Crippen LogP contribution in [-0.2, 0) is 10.2 Å². The lowest BCUT2D eigenvalue weighted by Crippen LogP contribution is -2.50. The minimum Gasteiger partial charge on any atom is -0.369 e. The molecule has 0 radical (unpaired) electrons. The molecule has 26 heavy (non-hydrogen) atoms. The van der Waals surface area contributed by atoms with Crippen LogP contribution < -0.4 is 9.62 Å². The quantitative estimate of drug-likeness (QED) is 0.816. The second-order valence-corrected chi connectivity index (χ2v) is 9.43. The molecular weight excluding hydrogens is 348 g/mol. The number of anilines is 1. The first-order valence-corrected chi connectivity index (χ1v) is 11.2. The van der Waals surface area contributed by atoms with Gasteiger partial charge in [0.1, 0.15) is 0 Å². The van der Waals surface area contributed by atoms with Gasteiger partial charge in [0, 0.05) is 58.0 Å². The largest absolute Gasteiger partial charge is 0.369 e. The Labute approximate surface area is 158 Å². The van der Waals surface area contributed by atoms with Crippen molar-refractivity contribution in [3.05, 3.63) is 29.8 Å². The molecule has 146 valence electrons. The van der Waals surface area contributed by atoms with Crippen LogP contribution in [0.4, 0.5) is 5.69 Å². The Balaban J connectivity index is 1.41. The Kier molecular flexibility index (Phi) is 6.55. The fraction of sp³-hybridized carbons (Fsp3) is 0.684. The smallest absolute Gasteiger partial charge is 0.279 e. The highest BCUT2D eigenvalue weighted by Gasteiger charge is 2.26. The summed E-state index contributed by atoms with van der Waals surface area (Å²) < 4.78 is 29.3. The highest BCUT2D eigenvalue weighted by molar-refractivity contribution is 7.87. The van der Waals surface area contributed by atoms with E-state index in [4.69, 9.17) is 0 Å². The van der Waals surface area contributed by atoms with Gasteiger partial charge < -0.3 is 4.90 Å². The standard InChI is InChI=1S/C19H32N4O2S/c1-17-5-3-7-19(15-17)22-13-11-21(12-14-22)10-8-20-26(24,25)23-9-4-6-18(2)16-23/h3,5,7,15,18,20H,4,6,8-14,16H2,1-2H3/t18-/m1/s1. The minimum atomic E-state index is -3.33. The van der Waals surface area contributed by atoms with Crippen molar-refractivity contribution in [2.45, 2.75) is 26.7 Å². The van der Waals surface area contributed by atoms with E-state index in [0.29, 0.717) is 25.6 Å². The highest BCUT2D eigenvalue weighted by Crippen LogP contribution is 2.18. The summed E-state index contributed by atoms with van der Waals surface area (Å²) in [5.41, 5.74) is 2.57. The second-order valence-electron chi connectivity index (χ2n) is 7.67. The zero-order valence-corrected chi connectivity index (χ0v) is 16.8. The summed E-state index contributed by atoms with van der Waals surface area (Å²) in [6, 6.07) is 8.61. The molecule has 2 fully saturated rings. The summed E-state index contributed by atoms with van der Waals surface area (Å²) in [5.74, 6) is 0.454. The number of nitrogens with one attached hydrogen (secondary N) is 1. The van der Waals surface area contributed by atoms with Crippen LogP contribution in [-0.4, -0.2) is 70.0 Å². The maximum Gasteiger partial charge on any atom is 0.279 e. The zero-order valence-electron chi connectivity index (χ0n) is 16.0. The minimum absolute atomic E-state index is 0.454. The third kappa shape index (κ3) is 5.19. The van der Waals surface area contributed by atoms with E-state index in [9.17, 15) is 8.42 Å². The van der Waals surface area contributed by atoms with Crippen molar-refractivity contribution >= 4 is 15.9 Å². The number of aryl methyl sites for hydroxylation is 1. The molecule has 2 heterocycles. The van der Waals surface area contributed by atoms with Crippen molar-refractivity contribution < 1.29 is 8.42 Å². The lowest BCUT2D eigenvalue weighted by atomic mass is 10.0. The number of benzene rings is 1. The molecule has 0 unspecified atom stereocenters. The van der Waals surface area contributed by atoms with E-state index in [1.54, 1.807) is 4.31 Å². The number of hydrogen-bond donors (Lipinski definition) is 1. The molecule has 2 saturated heterocycles. The molecule has 2 aliphatic heterocycles. The third-order valence-electron chi connectivity index (χ3n) is 5.41. The summed E-state index contributed by atoms with van der Waals surface area (Å²) in [5, 5.41) is 0. The average Bonchev–Trinajstić information content (AvgIpc) is 2.62. The number of nitrogens with zero attached hydrogens (tertiary/aromatic N) is 3. The molecule has 1 atom stereocenters. The first-order valence-electron chi connectivity index (χ1n) is 9.73. The summed E-state index contributed by atoms with van der Waals surface area (Å²) >= 11 is 0. The van der Waals surface area contributed by atoms with Gasteiger partial charge in [-0.3, -0.25) is 4.90 Å². The zero-order chi connectivity index (χ0) is 18.6. The SMILES string of the molecule is Cc1cccc(N2CCN(CCNS(=O)(=O)N3CCC[C@@H](C)C3)CC2)c1. The fourth-order valence-electron chi connectivity index (χ4n) is 3.84. The van der Waals surface area contributed by atoms with Gasteiger partial charge in [0.25, 0.3) is 10.2 Å². The topological polar surface area (TPSA) is 55.9 Å². The van der Waals surface area contributed by atoms with Crippen LogP contribution in [0.2, 0.25) is 0 Å². The van der Waals surface area contributed by atoms with Crippen LogP contribution in [0, 0.1) is 12.8 Å². The predicted molar refractivity (Wildman–Crippen MR) is 107 cm³/mol. The predicted octanol–water partition coefficient (Wildman–Crippen LogP) is 1.68. The van der Waals surface area contributed by atoms with Gasteiger partial charge in [0.15, 0.2) is 0 Å². The second kappa shape index (κ2) is 8.69. The average molecular weight is 381 g/mol. The summed E-state index contributed by atoms with van der Waals surface area (Å²) in [6.45, 7) is 10.7. The van der Waals surface area contributed by atoms with E-state index in [1.807, 2.05) is 0 Å². The molecule has 1 N–H and O–H groups in total. The number of hydrogen-bond acceptors (Lipinski definition) is 4. The van der Waals surface area contributed by atoms with Crippen LogP contribution in [0.15, 0.2) is 24.3 Å². The molecular formula is C19H32N4O2S. The van der Waals surface area contributed by atoms with Crippen molar-refractivity contribution in [2.24, 2.45) is 5.92 Å². The van der Waals surface area contributed by atoms with Gasteiger partial charge in [-0.05, 0) is 43.4 Å². The van der Waals surface area contributed by atoms with E-state index < -0.39 is 10.2 Å². The van der Waals surface area contributed by atoms with Gasteiger partial charge in [-0.1, -0.05) is 19.1 Å². The molecule has 0 bridgehead atoms. The molecule has 0 amide bonds. The monoisotopic (exact) mass is 380 g/mol. The molecule has 0 spiro atoms. The first-order chi connectivity index (χ1) is 12.4. The summed E-state index contributed by atoms with van der Waals surface area (Å²) in [7, 11) is -3.33. The summed E-state index contributed by atoms with van der Waals surface area (Å²) in [4.78, 5) is 4.75. The van der Waals surface area contributed by atoms with Crippen LogP contribution in [0.3, 0.4) is 0 Å². The van der Waals surface area contributed by atoms with Crippen LogP contribution in [0.5, 0.6) is 0 Å². The lowest BCUT2D eigenvalue weighted by molar-refractivity contribution is 0.257. The van der Waals surface area contributed by atoms with Gasteiger partial charge in [0.2, 0.25) is 0 Å². The summed E-state index contributed by atoms with van der Waals surface area (Å²) in [6.07, 6.45) is 2.08. The Hall–Kier alpha value is -1.15. The number of rotatable bonds is 6. The van der Waals surface area contributed by atoms with Crippen LogP contribution in [0.1, 0.15) is 25.3 Å². The fourth-order valence-corrected chi connectivity index (χ4v) is 5.19. The Morgan fingerprint density at radius 1 is 1.15 bits per heavy atom. The van der Waals surface area contributed by atoms with Crippen LogP contribution in [0.25, 0.3) is 0 Å². The van der Waals surface area contributed by atoms with Gasteiger partial charge in [-0.2, -0.15) is 12.7 Å². The number of piperazine rings is 1. The molecule has 0 aromatic heterocycles. The normalized spacial score (nSPS) is 23.3. The Morgan fingerprint density at radius 2 is 1.92 bits per heavy atom. The van der Waals surface area contributed by atoms with Crippen molar-refractivity contribution in [2.75, 3.05) is 57.3 Å². The molecule has 7 heteroatoms. The van der Waals surface area contributed by atoms with Crippen molar-refractivity contribution in [3.63, 3.8) is 0 Å². The van der Waals surface area contributed by atoms with E-state index in [1.165, 1.54) is 11.3 Å². The molecule has 1 aromatic rings. The van der Waals surface area contributed by atoms with Crippen molar-refractivity contribution in [3.8, 4) is 0 Å². The van der Waals surface area contributed by atoms with E-state index in [2.05, 4.69) is 52.6 Å². The van der Waals surface area contributed by atoms with Crippen molar-refractivity contribution in [1.29, 1.82) is 0 Å². The molecule has 2 aliphatic rings. The molecule has 0 aliphatic carbocycles. The van der Waals surface area contributed by atoms with Crippen molar-refractivity contribution in [1.82, 2.24) is 13.9 Å². The van der Waals surface area contributed by atoms with Crippen LogP contribution >= 0.6 is 0 Å². The first kappa shape index (κ1) is 19.6. The molecule has 3 rings (SSSR count). The number of piperidine rings is 1. The maximum atomic E-state index is 12.4. The Morgan fingerprint density at radius 3 is 2.62 bits per heavy atom. The van der Waals surface area contributed by atoms with E-state index in [-0.39, 0.29) is 0 Å².